The summed E-state index contributed by atoms with van der Waals surface area (Å²) in [6.45, 7) is 4.29. The third-order valence-electron chi connectivity index (χ3n) is 9.03. The lowest BCUT2D eigenvalue weighted by atomic mass is 9.44. The number of carbonyl (C=O) groups is 3. The molecule has 0 bridgehead atoms. The molecule has 0 aliphatic heterocycles. The van der Waals surface area contributed by atoms with Crippen molar-refractivity contribution in [3.8, 4) is 0 Å². The Balaban J connectivity index is 1.82. The summed E-state index contributed by atoms with van der Waals surface area (Å²) < 4.78 is 0. The van der Waals surface area contributed by atoms with Gasteiger partial charge in [0.25, 0.3) is 0 Å². The van der Waals surface area contributed by atoms with Crippen LogP contribution in [0.3, 0.4) is 0 Å². The Morgan fingerprint density at radius 3 is 2.45 bits per heavy atom. The van der Waals surface area contributed by atoms with Crippen molar-refractivity contribution in [2.45, 2.75) is 52.4 Å². The van der Waals surface area contributed by atoms with Gasteiger partial charge in [-0.25, -0.2) is 4.79 Å². The fourth-order valence-corrected chi connectivity index (χ4v) is 7.61. The van der Waals surface area contributed by atoms with Crippen LogP contribution in [-0.4, -0.2) is 39.6 Å². The second-order valence-electron chi connectivity index (χ2n) is 9.91. The van der Waals surface area contributed by atoms with E-state index in [2.05, 4.69) is 6.92 Å². The lowest BCUT2D eigenvalue weighted by Gasteiger charge is -2.59. The number of aliphatic hydroxyl groups is 1. The predicted molar refractivity (Wildman–Crippen MR) is 105 cm³/mol. The number of rotatable bonds is 4. The molecule has 0 spiro atoms. The molecule has 4 aliphatic carbocycles. The van der Waals surface area contributed by atoms with Gasteiger partial charge >= 0.3 is 11.9 Å². The van der Waals surface area contributed by atoms with Crippen molar-refractivity contribution in [3.05, 3.63) is 23.3 Å². The fourth-order valence-electron chi connectivity index (χ4n) is 7.61. The Kier molecular flexibility index (Phi) is 4.76. The maximum atomic E-state index is 12.3. The van der Waals surface area contributed by atoms with Crippen LogP contribution >= 0.6 is 0 Å². The summed E-state index contributed by atoms with van der Waals surface area (Å²) in [5, 5.41) is 29.5. The van der Waals surface area contributed by atoms with E-state index in [9.17, 15) is 29.7 Å². The number of fused-ring (bicyclic) bond motifs is 5. The van der Waals surface area contributed by atoms with E-state index >= 15 is 0 Å². The van der Waals surface area contributed by atoms with E-state index in [1.54, 1.807) is 0 Å². The molecule has 6 nitrogen and oxygen atoms in total. The number of aliphatic hydroxyl groups excluding tert-OH is 1. The highest BCUT2D eigenvalue weighted by Gasteiger charge is 2.63. The van der Waals surface area contributed by atoms with Crippen molar-refractivity contribution in [3.63, 3.8) is 0 Å². The first-order valence-electron chi connectivity index (χ1n) is 10.7. The minimum Gasteiger partial charge on any atom is -0.481 e. The number of ketones is 1. The van der Waals surface area contributed by atoms with Gasteiger partial charge in [-0.2, -0.15) is 0 Å². The quantitative estimate of drug-likeness (QED) is 0.666. The topological polar surface area (TPSA) is 112 Å². The molecule has 29 heavy (non-hydrogen) atoms. The highest BCUT2D eigenvalue weighted by molar-refractivity contribution is 6.08. The van der Waals surface area contributed by atoms with Gasteiger partial charge in [-0.15, -0.1) is 0 Å². The lowest BCUT2D eigenvalue weighted by Crippen LogP contribution is -2.56. The summed E-state index contributed by atoms with van der Waals surface area (Å²) in [6, 6.07) is 0. The average molecular weight is 402 g/mol. The van der Waals surface area contributed by atoms with Crippen LogP contribution in [0.25, 0.3) is 0 Å². The van der Waals surface area contributed by atoms with Crippen molar-refractivity contribution in [1.29, 1.82) is 0 Å². The number of aliphatic carboxylic acids is 2. The Labute approximate surface area is 170 Å². The summed E-state index contributed by atoms with van der Waals surface area (Å²) in [5.74, 6) is -2.55. The van der Waals surface area contributed by atoms with Crippen LogP contribution in [0.5, 0.6) is 0 Å². The number of carboxylic acids is 2. The van der Waals surface area contributed by atoms with E-state index in [1.807, 2.05) is 6.92 Å². The number of hydrogen-bond acceptors (Lipinski definition) is 4. The summed E-state index contributed by atoms with van der Waals surface area (Å²) in [7, 11) is 0. The first-order valence-corrected chi connectivity index (χ1v) is 10.7. The Hall–Kier alpha value is -1.95. The van der Waals surface area contributed by atoms with E-state index in [4.69, 9.17) is 0 Å². The molecule has 0 saturated heterocycles. The average Bonchev–Trinajstić information content (AvgIpc) is 2.98. The smallest absolute Gasteiger partial charge is 0.332 e. The Morgan fingerprint density at radius 1 is 1.10 bits per heavy atom. The van der Waals surface area contributed by atoms with Gasteiger partial charge in [0.15, 0.2) is 5.78 Å². The number of carbonyl (C=O) groups excluding carboxylic acids is 1. The first kappa shape index (κ1) is 20.3. The molecule has 6 heteroatoms. The maximum Gasteiger partial charge on any atom is 0.332 e. The van der Waals surface area contributed by atoms with E-state index in [0.29, 0.717) is 11.5 Å². The van der Waals surface area contributed by atoms with E-state index in [-0.39, 0.29) is 47.6 Å². The molecule has 0 radical (unpaired) electrons. The molecule has 3 fully saturated rings. The van der Waals surface area contributed by atoms with E-state index in [0.717, 1.165) is 32.1 Å². The van der Waals surface area contributed by atoms with Crippen LogP contribution in [0.1, 0.15) is 52.4 Å². The SMILES string of the molecule is C[C@@]12C(=CC(=O)C=C1C(=O)O)CC(C(=O)O)[C@@H]1[C@@H]2CC[C@]2(C)[C@@H](CCO)CC[C@@H]12. The zero-order chi connectivity index (χ0) is 21.1. The van der Waals surface area contributed by atoms with Crippen molar-refractivity contribution < 1.29 is 29.7 Å². The van der Waals surface area contributed by atoms with Gasteiger partial charge in [0, 0.05) is 12.0 Å². The standard InChI is InChI=1S/C23H30O6/c1-22-7-5-17-19(16(22)4-3-12(22)6-8-24)15(20(26)27)10-13-9-14(25)11-18(21(28)29)23(13,17)2/h9,11-12,15-17,19,24H,3-8,10H2,1-2H3,(H,26,27)(H,28,29)/t12-,15?,16+,17+,19+,22-,23+/m1/s1. The molecular weight excluding hydrogens is 372 g/mol. The van der Waals surface area contributed by atoms with E-state index < -0.39 is 23.3 Å². The van der Waals surface area contributed by atoms with Gasteiger partial charge in [0.05, 0.1) is 11.5 Å². The second kappa shape index (κ2) is 6.79. The normalized spacial score (nSPS) is 43.6. The third-order valence-corrected chi connectivity index (χ3v) is 9.03. The third kappa shape index (κ3) is 2.75. The molecular formula is C23H30O6. The predicted octanol–water partition coefficient (Wildman–Crippen LogP) is 3.06. The Morgan fingerprint density at radius 2 is 1.83 bits per heavy atom. The minimum atomic E-state index is -1.09. The van der Waals surface area contributed by atoms with Gasteiger partial charge in [-0.1, -0.05) is 19.4 Å². The summed E-state index contributed by atoms with van der Waals surface area (Å²) in [6.07, 6.45) is 7.25. The molecule has 158 valence electrons. The summed E-state index contributed by atoms with van der Waals surface area (Å²) in [5.41, 5.74) is -0.0311. The molecule has 0 heterocycles. The molecule has 0 amide bonds. The maximum absolute atomic E-state index is 12.3. The van der Waals surface area contributed by atoms with E-state index in [1.165, 1.54) is 12.2 Å². The van der Waals surface area contributed by atoms with Crippen LogP contribution in [0.4, 0.5) is 0 Å². The largest absolute Gasteiger partial charge is 0.481 e. The minimum absolute atomic E-state index is 0.0211. The second-order valence-corrected chi connectivity index (χ2v) is 9.91. The zero-order valence-electron chi connectivity index (χ0n) is 17.1. The molecule has 4 rings (SSSR count). The molecule has 4 aliphatic rings. The first-order chi connectivity index (χ1) is 13.6. The fraction of sp³-hybridized carbons (Fsp3) is 0.696. The van der Waals surface area contributed by atoms with Crippen molar-refractivity contribution in [2.75, 3.05) is 6.61 Å². The lowest BCUT2D eigenvalue weighted by molar-refractivity contribution is -0.154. The van der Waals surface area contributed by atoms with Crippen molar-refractivity contribution in [1.82, 2.24) is 0 Å². The Bertz CT molecular complexity index is 825. The molecule has 3 N–H and O–H groups in total. The summed E-state index contributed by atoms with van der Waals surface area (Å²) >= 11 is 0. The number of hydrogen-bond donors (Lipinski definition) is 3. The number of allylic oxidation sites excluding steroid dienone is 3. The molecule has 0 aromatic carbocycles. The molecule has 0 aromatic rings. The van der Waals surface area contributed by atoms with Crippen LogP contribution in [-0.2, 0) is 14.4 Å². The van der Waals surface area contributed by atoms with Gasteiger partial charge < -0.3 is 15.3 Å². The number of carboxylic acid groups (broad SMARTS) is 2. The van der Waals surface area contributed by atoms with Crippen molar-refractivity contribution >= 4 is 17.7 Å². The monoisotopic (exact) mass is 402 g/mol. The molecule has 0 aromatic heterocycles. The molecule has 7 atom stereocenters. The van der Waals surface area contributed by atoms with Crippen LogP contribution in [0.2, 0.25) is 0 Å². The molecule has 1 unspecified atom stereocenters. The van der Waals surface area contributed by atoms with Crippen LogP contribution in [0.15, 0.2) is 23.3 Å². The van der Waals surface area contributed by atoms with Gasteiger partial charge in [-0.3, -0.25) is 9.59 Å². The highest BCUT2D eigenvalue weighted by atomic mass is 16.4. The van der Waals surface area contributed by atoms with Gasteiger partial charge in [0.2, 0.25) is 0 Å². The molecule has 3 saturated carbocycles. The zero-order valence-corrected chi connectivity index (χ0v) is 17.1. The van der Waals surface area contributed by atoms with Crippen LogP contribution in [0, 0.1) is 40.4 Å². The van der Waals surface area contributed by atoms with Gasteiger partial charge in [-0.05, 0) is 79.8 Å². The highest BCUT2D eigenvalue weighted by Crippen LogP contribution is 2.68. The van der Waals surface area contributed by atoms with Crippen LogP contribution < -0.4 is 0 Å². The summed E-state index contributed by atoms with van der Waals surface area (Å²) in [4.78, 5) is 36.6. The van der Waals surface area contributed by atoms with Crippen molar-refractivity contribution in [2.24, 2.45) is 40.4 Å². The van der Waals surface area contributed by atoms with Gasteiger partial charge in [0.1, 0.15) is 0 Å².